The number of likely N-dealkylation sites (N-methyl/N-ethyl adjacent to an activating group) is 3. The van der Waals surface area contributed by atoms with Gasteiger partial charge in [-0.3, -0.25) is 9.59 Å². The number of aromatic nitrogens is 2. The van der Waals surface area contributed by atoms with Crippen LogP contribution in [-0.4, -0.2) is 138 Å². The highest BCUT2D eigenvalue weighted by Gasteiger charge is 2.35. The summed E-state index contributed by atoms with van der Waals surface area (Å²) in [5, 5.41) is 28.1. The van der Waals surface area contributed by atoms with E-state index in [4.69, 9.17) is 4.74 Å². The van der Waals surface area contributed by atoms with Crippen molar-refractivity contribution in [2.24, 2.45) is 11.8 Å². The molecule has 3 amide bonds. The summed E-state index contributed by atoms with van der Waals surface area (Å²) in [4.78, 5) is 54.2. The van der Waals surface area contributed by atoms with E-state index in [2.05, 4.69) is 30.4 Å². The van der Waals surface area contributed by atoms with Gasteiger partial charge < -0.3 is 45.3 Å². The van der Waals surface area contributed by atoms with Crippen LogP contribution in [0.15, 0.2) is 42.9 Å². The van der Waals surface area contributed by atoms with Crippen LogP contribution in [-0.2, 0) is 27.2 Å². The second-order valence-electron chi connectivity index (χ2n) is 15.0. The predicted octanol–water partition coefficient (Wildman–Crippen LogP) is 2.83. The average molecular weight is 714 g/mol. The lowest BCUT2D eigenvalue weighted by atomic mass is 9.82. The molecule has 286 valence electrons. The molecule has 0 saturated heterocycles. The van der Waals surface area contributed by atoms with Gasteiger partial charge in [-0.15, -0.1) is 0 Å². The quantitative estimate of drug-likeness (QED) is 0.131. The normalized spacial score (nSPS) is 16.8. The third kappa shape index (κ3) is 15.3. The van der Waals surface area contributed by atoms with Crippen LogP contribution in [0, 0.1) is 11.8 Å². The lowest BCUT2D eigenvalue weighted by molar-refractivity contribution is -0.135. The van der Waals surface area contributed by atoms with Gasteiger partial charge in [-0.1, -0.05) is 76.3 Å². The number of imidazole rings is 1. The van der Waals surface area contributed by atoms with Gasteiger partial charge in [0.25, 0.3) is 5.91 Å². The third-order valence-electron chi connectivity index (χ3n) is 9.63. The monoisotopic (exact) mass is 713 g/mol. The molecule has 51 heavy (non-hydrogen) atoms. The Morgan fingerprint density at radius 1 is 0.922 bits per heavy atom. The van der Waals surface area contributed by atoms with Gasteiger partial charge in [0.1, 0.15) is 12.1 Å². The molecule has 13 nitrogen and oxygen atoms in total. The lowest BCUT2D eigenvalue weighted by Crippen LogP contribution is -2.57. The molecule has 3 rings (SSSR count). The second kappa shape index (κ2) is 21.8. The highest BCUT2D eigenvalue weighted by molar-refractivity contribution is 5.90. The number of benzene rings is 1. The standard InChI is InChI=1S/C38H63N7O6/c1-27(2)21-33(46)35(47)31(22-28-13-9-7-10-14-28)41-36(48)32(24-30-25-39-26-40-30)42-37(49)34(23-29-15-11-8-12-16-29)51-38(50)45(6)20-19-44(5)18-17-43(3)4/h8,11-12,15-16,25-28,31-35,46-47H,7,9-10,13-14,17-24H2,1-6H3,(H,39,40)(H,41,48)(H,42,49)/t31-,32?,33-,34-,35+/m0/s1. The summed E-state index contributed by atoms with van der Waals surface area (Å²) < 4.78 is 5.84. The smallest absolute Gasteiger partial charge is 0.410 e. The van der Waals surface area contributed by atoms with Crippen molar-refractivity contribution in [3.63, 3.8) is 0 Å². The Balaban J connectivity index is 1.79. The van der Waals surface area contributed by atoms with Gasteiger partial charge in [0.2, 0.25) is 5.91 Å². The van der Waals surface area contributed by atoms with Crippen molar-refractivity contribution in [3.8, 4) is 0 Å². The number of hydrogen-bond acceptors (Lipinski definition) is 9. The third-order valence-corrected chi connectivity index (χ3v) is 9.63. The van der Waals surface area contributed by atoms with Gasteiger partial charge in [0.05, 0.1) is 18.5 Å². The molecule has 1 aromatic carbocycles. The van der Waals surface area contributed by atoms with Crippen LogP contribution in [0.4, 0.5) is 4.79 Å². The minimum atomic E-state index is -1.22. The van der Waals surface area contributed by atoms with Gasteiger partial charge in [0.15, 0.2) is 6.10 Å². The number of rotatable bonds is 21. The van der Waals surface area contributed by atoms with Crippen LogP contribution < -0.4 is 10.6 Å². The number of ether oxygens (including phenoxy) is 1. The van der Waals surface area contributed by atoms with Crippen LogP contribution in [0.3, 0.4) is 0 Å². The molecule has 1 aliphatic carbocycles. The number of nitrogens with one attached hydrogen (secondary N) is 3. The number of carbonyl (C=O) groups is 3. The Bertz CT molecular complexity index is 1290. The van der Waals surface area contributed by atoms with E-state index in [1.165, 1.54) is 17.6 Å². The molecule has 0 radical (unpaired) electrons. The van der Waals surface area contributed by atoms with Crippen LogP contribution in [0.25, 0.3) is 0 Å². The molecule has 1 saturated carbocycles. The van der Waals surface area contributed by atoms with E-state index in [9.17, 15) is 24.6 Å². The highest BCUT2D eigenvalue weighted by atomic mass is 16.6. The first kappa shape index (κ1) is 41.9. The van der Waals surface area contributed by atoms with Crippen molar-refractivity contribution >= 4 is 17.9 Å². The van der Waals surface area contributed by atoms with Crippen LogP contribution in [0.5, 0.6) is 0 Å². The summed E-state index contributed by atoms with van der Waals surface area (Å²) in [6.07, 6.45) is 5.50. The average Bonchev–Trinajstić information content (AvgIpc) is 3.62. The van der Waals surface area contributed by atoms with Crippen molar-refractivity contribution in [2.75, 3.05) is 54.4 Å². The Morgan fingerprint density at radius 3 is 2.24 bits per heavy atom. The minimum absolute atomic E-state index is 0.0869. The van der Waals surface area contributed by atoms with Crippen molar-refractivity contribution in [1.29, 1.82) is 0 Å². The maximum absolute atomic E-state index is 14.1. The molecule has 0 spiro atoms. The number of nitrogens with zero attached hydrogens (tertiary/aromatic N) is 4. The molecule has 1 aliphatic rings. The first-order valence-corrected chi connectivity index (χ1v) is 18.5. The number of amides is 3. The van der Waals surface area contributed by atoms with Gasteiger partial charge in [-0.25, -0.2) is 9.78 Å². The maximum atomic E-state index is 14.1. The van der Waals surface area contributed by atoms with E-state index in [0.29, 0.717) is 37.5 Å². The summed E-state index contributed by atoms with van der Waals surface area (Å²) in [6.45, 7) is 6.70. The lowest BCUT2D eigenvalue weighted by Gasteiger charge is -2.34. The fraction of sp³-hybridized carbons (Fsp3) is 0.684. The first-order valence-electron chi connectivity index (χ1n) is 18.5. The molecular weight excluding hydrogens is 650 g/mol. The predicted molar refractivity (Wildman–Crippen MR) is 198 cm³/mol. The van der Waals surface area contributed by atoms with Gasteiger partial charge in [-0.2, -0.15) is 0 Å². The Hall–Kier alpha value is -3.52. The number of aliphatic hydroxyl groups is 2. The van der Waals surface area contributed by atoms with E-state index < -0.39 is 48.3 Å². The zero-order chi connectivity index (χ0) is 37.3. The second-order valence-corrected chi connectivity index (χ2v) is 15.0. The number of H-pyrrole nitrogens is 1. The first-order chi connectivity index (χ1) is 24.3. The molecule has 1 aromatic heterocycles. The summed E-state index contributed by atoms with van der Waals surface area (Å²) in [5.74, 6) is -0.657. The topological polar surface area (TPSA) is 163 Å². The van der Waals surface area contributed by atoms with E-state index in [-0.39, 0.29) is 18.8 Å². The number of carbonyl (C=O) groups excluding carboxylic acids is 3. The zero-order valence-corrected chi connectivity index (χ0v) is 31.6. The molecule has 0 bridgehead atoms. The Labute approximate surface area is 304 Å². The molecule has 2 aromatic rings. The molecule has 13 heteroatoms. The highest BCUT2D eigenvalue weighted by Crippen LogP contribution is 2.29. The fourth-order valence-corrected chi connectivity index (χ4v) is 6.45. The molecule has 0 aliphatic heterocycles. The zero-order valence-electron chi connectivity index (χ0n) is 31.6. The fourth-order valence-electron chi connectivity index (χ4n) is 6.45. The van der Waals surface area contributed by atoms with Crippen molar-refractivity contribution in [1.82, 2.24) is 35.3 Å². The molecule has 5 atom stereocenters. The summed E-state index contributed by atoms with van der Waals surface area (Å²) in [5.41, 5.74) is 1.41. The summed E-state index contributed by atoms with van der Waals surface area (Å²) >= 11 is 0. The summed E-state index contributed by atoms with van der Waals surface area (Å²) in [7, 11) is 7.65. The minimum Gasteiger partial charge on any atom is -0.436 e. The Morgan fingerprint density at radius 2 is 1.61 bits per heavy atom. The largest absolute Gasteiger partial charge is 0.436 e. The number of aliphatic hydroxyl groups excluding tert-OH is 2. The van der Waals surface area contributed by atoms with Crippen LogP contribution in [0.1, 0.15) is 70.1 Å². The van der Waals surface area contributed by atoms with Gasteiger partial charge >= 0.3 is 6.09 Å². The number of hydrogen-bond donors (Lipinski definition) is 5. The SMILES string of the molecule is CC(C)C[C@H](O)[C@H](O)[C@H](CC1CCCCC1)NC(=O)C(Cc1cnc[nH]1)NC(=O)[C@H](Cc1ccccc1)OC(=O)N(C)CCN(C)CCN(C)C. The molecule has 1 unspecified atom stereocenters. The number of aromatic amines is 1. The van der Waals surface area contributed by atoms with Gasteiger partial charge in [-0.05, 0) is 51.4 Å². The molecule has 5 N–H and O–H groups in total. The van der Waals surface area contributed by atoms with Crippen LogP contribution >= 0.6 is 0 Å². The molecule has 1 fully saturated rings. The maximum Gasteiger partial charge on any atom is 0.410 e. The van der Waals surface area contributed by atoms with Crippen molar-refractivity contribution in [3.05, 3.63) is 54.1 Å². The van der Waals surface area contributed by atoms with Crippen molar-refractivity contribution in [2.45, 2.75) is 102 Å². The molecular formula is C38H63N7O6. The van der Waals surface area contributed by atoms with E-state index >= 15 is 0 Å². The van der Waals surface area contributed by atoms with Crippen LogP contribution in [0.2, 0.25) is 0 Å². The van der Waals surface area contributed by atoms with E-state index in [1.807, 2.05) is 65.3 Å². The van der Waals surface area contributed by atoms with E-state index in [1.54, 1.807) is 13.2 Å². The van der Waals surface area contributed by atoms with E-state index in [0.717, 1.165) is 44.3 Å². The van der Waals surface area contributed by atoms with Gasteiger partial charge in [0, 0.05) is 58.0 Å². The molecule has 1 heterocycles. The summed E-state index contributed by atoms with van der Waals surface area (Å²) in [6, 6.07) is 7.48. The Kier molecular flexibility index (Phi) is 17.9. The van der Waals surface area contributed by atoms with Crippen molar-refractivity contribution < 1.29 is 29.3 Å².